The molecule has 1 heterocycles. The second-order valence-electron chi connectivity index (χ2n) is 6.28. The first-order chi connectivity index (χ1) is 9.67. The summed E-state index contributed by atoms with van der Waals surface area (Å²) in [6.07, 6.45) is 7.74. The molecule has 0 saturated heterocycles. The van der Waals surface area contributed by atoms with Crippen LogP contribution in [-0.4, -0.2) is 9.55 Å². The number of hydrogen-bond donors (Lipinski definition) is 1. The molecule has 1 aliphatic carbocycles. The zero-order chi connectivity index (χ0) is 14.2. The summed E-state index contributed by atoms with van der Waals surface area (Å²) in [5.41, 5.74) is 9.47. The Hall–Kier alpha value is -1.51. The molecule has 0 amide bonds. The summed E-state index contributed by atoms with van der Waals surface area (Å²) < 4.78 is 2.45. The highest BCUT2D eigenvalue weighted by Gasteiger charge is 2.33. The predicted octanol–water partition coefficient (Wildman–Crippen LogP) is 4.15. The first kappa shape index (κ1) is 13.5. The van der Waals surface area contributed by atoms with E-state index < -0.39 is 0 Å². The van der Waals surface area contributed by atoms with Crippen molar-refractivity contribution in [3.8, 4) is 0 Å². The van der Waals surface area contributed by atoms with Crippen LogP contribution in [0.1, 0.15) is 51.8 Å². The highest BCUT2D eigenvalue weighted by molar-refractivity contribution is 5.79. The monoisotopic (exact) mass is 271 g/mol. The lowest BCUT2D eigenvalue weighted by Crippen LogP contribution is -2.23. The summed E-state index contributed by atoms with van der Waals surface area (Å²) in [5.74, 6) is 1.20. The van der Waals surface area contributed by atoms with Gasteiger partial charge in [-0.15, -0.1) is 0 Å². The van der Waals surface area contributed by atoms with Crippen molar-refractivity contribution in [2.24, 2.45) is 5.41 Å². The van der Waals surface area contributed by atoms with Crippen molar-refractivity contribution < 1.29 is 0 Å². The molecule has 1 fully saturated rings. The van der Waals surface area contributed by atoms with Crippen LogP contribution in [0.3, 0.4) is 0 Å². The van der Waals surface area contributed by atoms with Crippen LogP contribution in [0.5, 0.6) is 0 Å². The molecule has 0 bridgehead atoms. The van der Waals surface area contributed by atoms with Crippen molar-refractivity contribution in [2.45, 2.75) is 58.9 Å². The predicted molar refractivity (Wildman–Crippen MR) is 84.7 cm³/mol. The van der Waals surface area contributed by atoms with Crippen LogP contribution in [0.2, 0.25) is 0 Å². The highest BCUT2D eigenvalue weighted by Crippen LogP contribution is 2.43. The van der Waals surface area contributed by atoms with Crippen molar-refractivity contribution in [3.05, 3.63) is 24.0 Å². The standard InChI is InChI=1S/C17H25N3/c1-3-16-19-14-11-13(18)7-8-15(14)20(16)12-17(4-2)9-5-6-10-17/h7-8,11H,3-6,9-10,12,18H2,1-2H3. The molecule has 0 spiro atoms. The van der Waals surface area contributed by atoms with Gasteiger partial charge >= 0.3 is 0 Å². The molecule has 2 N–H and O–H groups in total. The fourth-order valence-corrected chi connectivity index (χ4v) is 3.73. The van der Waals surface area contributed by atoms with Gasteiger partial charge in [-0.25, -0.2) is 4.98 Å². The Morgan fingerprint density at radius 3 is 2.65 bits per heavy atom. The summed E-state index contributed by atoms with van der Waals surface area (Å²) in [5, 5.41) is 0. The van der Waals surface area contributed by atoms with Gasteiger partial charge in [-0.3, -0.25) is 0 Å². The maximum atomic E-state index is 5.89. The van der Waals surface area contributed by atoms with Gasteiger partial charge in [0.1, 0.15) is 5.82 Å². The number of imidazole rings is 1. The third kappa shape index (κ3) is 2.19. The fourth-order valence-electron chi connectivity index (χ4n) is 3.73. The minimum atomic E-state index is 0.485. The maximum absolute atomic E-state index is 5.89. The number of nitrogens with zero attached hydrogens (tertiary/aromatic N) is 2. The van der Waals surface area contributed by atoms with E-state index in [-0.39, 0.29) is 0 Å². The van der Waals surface area contributed by atoms with Crippen LogP contribution in [0.4, 0.5) is 5.69 Å². The smallest absolute Gasteiger partial charge is 0.109 e. The molecule has 1 aromatic heterocycles. The van der Waals surface area contributed by atoms with Crippen LogP contribution in [-0.2, 0) is 13.0 Å². The number of aryl methyl sites for hydroxylation is 1. The van der Waals surface area contributed by atoms with E-state index >= 15 is 0 Å². The largest absolute Gasteiger partial charge is 0.399 e. The van der Waals surface area contributed by atoms with Gasteiger partial charge < -0.3 is 10.3 Å². The molecule has 20 heavy (non-hydrogen) atoms. The topological polar surface area (TPSA) is 43.8 Å². The summed E-state index contributed by atoms with van der Waals surface area (Å²) in [6.45, 7) is 5.65. The van der Waals surface area contributed by atoms with Gasteiger partial charge in [0.2, 0.25) is 0 Å². The van der Waals surface area contributed by atoms with E-state index in [1.807, 2.05) is 12.1 Å². The van der Waals surface area contributed by atoms with Gasteiger partial charge in [0, 0.05) is 18.7 Å². The molecule has 2 aromatic rings. The molecule has 1 aromatic carbocycles. The lowest BCUT2D eigenvalue weighted by molar-refractivity contribution is 0.238. The Kier molecular flexibility index (Phi) is 3.45. The summed E-state index contributed by atoms with van der Waals surface area (Å²) >= 11 is 0. The number of aromatic nitrogens is 2. The van der Waals surface area contributed by atoms with E-state index in [0.29, 0.717) is 5.41 Å². The van der Waals surface area contributed by atoms with Crippen LogP contribution in [0.25, 0.3) is 11.0 Å². The van der Waals surface area contributed by atoms with Gasteiger partial charge in [0.05, 0.1) is 11.0 Å². The van der Waals surface area contributed by atoms with E-state index in [1.54, 1.807) is 0 Å². The number of rotatable bonds is 4. The second-order valence-corrected chi connectivity index (χ2v) is 6.28. The van der Waals surface area contributed by atoms with E-state index in [0.717, 1.165) is 24.2 Å². The number of nitrogens with two attached hydrogens (primary N) is 1. The number of fused-ring (bicyclic) bond motifs is 1. The zero-order valence-corrected chi connectivity index (χ0v) is 12.7. The summed E-state index contributed by atoms with van der Waals surface area (Å²) in [4.78, 5) is 4.78. The third-order valence-corrected chi connectivity index (χ3v) is 5.08. The van der Waals surface area contributed by atoms with Crippen molar-refractivity contribution in [2.75, 3.05) is 5.73 Å². The average molecular weight is 271 g/mol. The molecule has 0 atom stereocenters. The van der Waals surface area contributed by atoms with Gasteiger partial charge in [-0.1, -0.05) is 26.7 Å². The Labute approximate surface area is 121 Å². The number of anilines is 1. The zero-order valence-electron chi connectivity index (χ0n) is 12.7. The van der Waals surface area contributed by atoms with Crippen LogP contribution >= 0.6 is 0 Å². The van der Waals surface area contributed by atoms with E-state index in [4.69, 9.17) is 10.7 Å². The quantitative estimate of drug-likeness (QED) is 0.849. The molecular weight excluding hydrogens is 246 g/mol. The first-order valence-electron chi connectivity index (χ1n) is 7.92. The Morgan fingerprint density at radius 1 is 1.25 bits per heavy atom. The molecule has 1 saturated carbocycles. The molecule has 108 valence electrons. The molecule has 3 rings (SSSR count). The lowest BCUT2D eigenvalue weighted by Gasteiger charge is -2.29. The lowest BCUT2D eigenvalue weighted by atomic mass is 9.83. The van der Waals surface area contributed by atoms with E-state index in [9.17, 15) is 0 Å². The number of benzene rings is 1. The minimum Gasteiger partial charge on any atom is -0.399 e. The second kappa shape index (κ2) is 5.12. The minimum absolute atomic E-state index is 0.485. The Morgan fingerprint density at radius 2 is 2.00 bits per heavy atom. The Bertz CT molecular complexity index is 606. The van der Waals surface area contributed by atoms with Crippen molar-refractivity contribution >= 4 is 16.7 Å². The van der Waals surface area contributed by atoms with Crippen molar-refractivity contribution in [3.63, 3.8) is 0 Å². The van der Waals surface area contributed by atoms with Crippen molar-refractivity contribution in [1.29, 1.82) is 0 Å². The average Bonchev–Trinajstić information content (AvgIpc) is 3.04. The van der Waals surface area contributed by atoms with Crippen LogP contribution in [0, 0.1) is 5.41 Å². The molecular formula is C17H25N3. The van der Waals surface area contributed by atoms with Gasteiger partial charge in [0.25, 0.3) is 0 Å². The molecule has 0 unspecified atom stereocenters. The van der Waals surface area contributed by atoms with E-state index in [1.165, 1.54) is 43.4 Å². The Balaban J connectivity index is 2.05. The SMILES string of the molecule is CCc1nc2cc(N)ccc2n1CC1(CC)CCCC1. The molecule has 3 heteroatoms. The summed E-state index contributed by atoms with van der Waals surface area (Å²) in [6, 6.07) is 6.13. The number of nitrogen functional groups attached to an aromatic ring is 1. The van der Waals surface area contributed by atoms with Gasteiger partial charge in [0.15, 0.2) is 0 Å². The van der Waals surface area contributed by atoms with Gasteiger partial charge in [-0.05, 0) is 42.9 Å². The maximum Gasteiger partial charge on any atom is 0.109 e. The summed E-state index contributed by atoms with van der Waals surface area (Å²) in [7, 11) is 0. The van der Waals surface area contributed by atoms with Crippen LogP contribution < -0.4 is 5.73 Å². The molecule has 1 aliphatic rings. The normalized spacial score (nSPS) is 17.9. The molecule has 3 nitrogen and oxygen atoms in total. The fraction of sp³-hybridized carbons (Fsp3) is 0.588. The third-order valence-electron chi connectivity index (χ3n) is 5.08. The van der Waals surface area contributed by atoms with Gasteiger partial charge in [-0.2, -0.15) is 0 Å². The van der Waals surface area contributed by atoms with E-state index in [2.05, 4.69) is 24.5 Å². The van der Waals surface area contributed by atoms with Crippen LogP contribution in [0.15, 0.2) is 18.2 Å². The van der Waals surface area contributed by atoms with Crippen molar-refractivity contribution in [1.82, 2.24) is 9.55 Å². The molecule has 0 aliphatic heterocycles. The molecule has 0 radical (unpaired) electrons. The highest BCUT2D eigenvalue weighted by atomic mass is 15.1. The number of hydrogen-bond acceptors (Lipinski definition) is 2. The first-order valence-corrected chi connectivity index (χ1v) is 7.92.